The van der Waals surface area contributed by atoms with Gasteiger partial charge in [0.1, 0.15) is 0 Å². The van der Waals surface area contributed by atoms with Crippen molar-refractivity contribution in [2.45, 2.75) is 0 Å². The smallest absolute Gasteiger partial charge is 0.411 e. The van der Waals surface area contributed by atoms with E-state index in [9.17, 15) is 4.79 Å². The van der Waals surface area contributed by atoms with Crippen LogP contribution < -0.4 is 5.32 Å². The van der Waals surface area contributed by atoms with Gasteiger partial charge in [-0.2, -0.15) is 0 Å². The average Bonchev–Trinajstić information content (AvgIpc) is 2.87. The summed E-state index contributed by atoms with van der Waals surface area (Å²) >= 11 is 1.66. The molecule has 0 fully saturated rings. The minimum Gasteiger partial charge on any atom is -0.453 e. The van der Waals surface area contributed by atoms with Crippen LogP contribution in [0.4, 0.5) is 10.5 Å². The van der Waals surface area contributed by atoms with Crippen LogP contribution in [0.1, 0.15) is 0 Å². The molecule has 3 aromatic rings. The number of carbonyl (C=O) groups excluding carboxylic acids is 1. The molecule has 0 aliphatic heterocycles. The lowest BCUT2D eigenvalue weighted by molar-refractivity contribution is 0.187. The van der Waals surface area contributed by atoms with Gasteiger partial charge >= 0.3 is 6.09 Å². The van der Waals surface area contributed by atoms with Gasteiger partial charge in [0, 0.05) is 10.1 Å². The first-order valence-corrected chi connectivity index (χ1v) is 7.03. The summed E-state index contributed by atoms with van der Waals surface area (Å²) in [4.78, 5) is 12.6. The summed E-state index contributed by atoms with van der Waals surface area (Å²) in [6, 6.07) is 18.0. The number of anilines is 1. The fraction of sp³-hybridized carbons (Fsp3) is 0.0625. The number of hydrogen-bond donors (Lipinski definition) is 1. The number of hydrogen-bond acceptors (Lipinski definition) is 3. The Morgan fingerprint density at radius 2 is 1.75 bits per heavy atom. The minimum absolute atomic E-state index is 0.453. The van der Waals surface area contributed by atoms with Crippen molar-refractivity contribution < 1.29 is 9.53 Å². The predicted molar refractivity (Wildman–Crippen MR) is 83.3 cm³/mol. The molecule has 1 amide bonds. The lowest BCUT2D eigenvalue weighted by Crippen LogP contribution is -2.11. The second-order valence-corrected chi connectivity index (χ2v) is 5.34. The molecule has 0 aliphatic rings. The summed E-state index contributed by atoms with van der Waals surface area (Å²) in [6.07, 6.45) is -0.453. The molecule has 100 valence electrons. The molecule has 3 nitrogen and oxygen atoms in total. The second kappa shape index (κ2) is 5.35. The Morgan fingerprint density at radius 3 is 2.50 bits per heavy atom. The van der Waals surface area contributed by atoms with Crippen molar-refractivity contribution in [1.29, 1.82) is 0 Å². The van der Waals surface area contributed by atoms with Crippen molar-refractivity contribution in [3.8, 4) is 10.4 Å². The van der Waals surface area contributed by atoms with Crippen LogP contribution in [0.5, 0.6) is 0 Å². The van der Waals surface area contributed by atoms with Crippen molar-refractivity contribution in [3.05, 3.63) is 54.6 Å². The number of thiophene rings is 1. The highest BCUT2D eigenvalue weighted by Crippen LogP contribution is 2.42. The van der Waals surface area contributed by atoms with Gasteiger partial charge in [0.05, 0.1) is 17.7 Å². The number of benzene rings is 2. The summed E-state index contributed by atoms with van der Waals surface area (Å²) in [5, 5.41) is 3.86. The molecule has 0 radical (unpaired) electrons. The van der Waals surface area contributed by atoms with Crippen molar-refractivity contribution in [3.63, 3.8) is 0 Å². The fourth-order valence-electron chi connectivity index (χ4n) is 2.12. The average molecular weight is 283 g/mol. The van der Waals surface area contributed by atoms with Crippen LogP contribution in [0, 0.1) is 0 Å². The van der Waals surface area contributed by atoms with Crippen LogP contribution in [-0.4, -0.2) is 13.2 Å². The van der Waals surface area contributed by atoms with E-state index in [1.807, 2.05) is 48.5 Å². The molecule has 1 aromatic heterocycles. The molecule has 0 aliphatic carbocycles. The second-order valence-electron chi connectivity index (χ2n) is 4.28. The molecule has 0 saturated heterocycles. The molecular formula is C16H13NO2S. The third-order valence-corrected chi connectivity index (χ3v) is 4.26. The quantitative estimate of drug-likeness (QED) is 0.737. The van der Waals surface area contributed by atoms with Gasteiger partial charge < -0.3 is 4.74 Å². The Hall–Kier alpha value is -2.33. The van der Waals surface area contributed by atoms with Gasteiger partial charge in [-0.1, -0.05) is 48.5 Å². The van der Waals surface area contributed by atoms with Crippen LogP contribution in [0.25, 0.3) is 20.5 Å². The van der Waals surface area contributed by atoms with E-state index in [-0.39, 0.29) is 0 Å². The zero-order chi connectivity index (χ0) is 13.9. The molecule has 0 bridgehead atoms. The van der Waals surface area contributed by atoms with E-state index in [2.05, 4.69) is 11.4 Å². The molecule has 0 spiro atoms. The molecule has 0 unspecified atom stereocenters. The van der Waals surface area contributed by atoms with E-state index in [0.29, 0.717) is 0 Å². The number of methoxy groups -OCH3 is 1. The van der Waals surface area contributed by atoms with E-state index >= 15 is 0 Å². The SMILES string of the molecule is COC(=O)Nc1c(-c2ccccc2)sc2ccccc12. The van der Waals surface area contributed by atoms with E-state index in [1.54, 1.807) is 11.3 Å². The lowest BCUT2D eigenvalue weighted by Gasteiger charge is -2.06. The Morgan fingerprint density at radius 1 is 1.05 bits per heavy atom. The van der Waals surface area contributed by atoms with Gasteiger partial charge in [-0.05, 0) is 11.6 Å². The maximum Gasteiger partial charge on any atom is 0.411 e. The molecule has 0 saturated carbocycles. The van der Waals surface area contributed by atoms with Gasteiger partial charge in [0.2, 0.25) is 0 Å². The molecule has 1 heterocycles. The standard InChI is InChI=1S/C16H13NO2S/c1-19-16(18)17-14-12-9-5-6-10-13(12)20-15(14)11-7-3-2-4-8-11/h2-10H,1H3,(H,17,18). The van der Waals surface area contributed by atoms with Crippen LogP contribution in [0.2, 0.25) is 0 Å². The summed E-state index contributed by atoms with van der Waals surface area (Å²) in [6.45, 7) is 0. The number of carbonyl (C=O) groups is 1. The van der Waals surface area contributed by atoms with Crippen molar-refractivity contribution in [1.82, 2.24) is 0 Å². The first-order valence-electron chi connectivity index (χ1n) is 6.21. The van der Waals surface area contributed by atoms with Crippen molar-refractivity contribution >= 4 is 33.2 Å². The summed E-state index contributed by atoms with van der Waals surface area (Å²) in [5.41, 5.74) is 1.89. The van der Waals surface area contributed by atoms with Crippen LogP contribution in [0.15, 0.2) is 54.6 Å². The molecule has 4 heteroatoms. The van der Waals surface area contributed by atoms with E-state index in [1.165, 1.54) is 7.11 Å². The van der Waals surface area contributed by atoms with Crippen LogP contribution in [0.3, 0.4) is 0 Å². The Labute approximate surface area is 120 Å². The molecule has 0 atom stereocenters. The zero-order valence-electron chi connectivity index (χ0n) is 10.9. The molecule has 1 N–H and O–H groups in total. The number of ether oxygens (including phenoxy) is 1. The third kappa shape index (κ3) is 2.26. The summed E-state index contributed by atoms with van der Waals surface area (Å²) in [7, 11) is 1.37. The van der Waals surface area contributed by atoms with E-state index < -0.39 is 6.09 Å². The topological polar surface area (TPSA) is 38.3 Å². The molecular weight excluding hydrogens is 270 g/mol. The first-order chi connectivity index (χ1) is 9.79. The maximum atomic E-state index is 11.6. The largest absolute Gasteiger partial charge is 0.453 e. The Balaban J connectivity index is 2.20. The maximum absolute atomic E-state index is 11.6. The zero-order valence-corrected chi connectivity index (χ0v) is 11.7. The summed E-state index contributed by atoms with van der Waals surface area (Å²) in [5.74, 6) is 0. The van der Waals surface area contributed by atoms with Gasteiger partial charge in [0.25, 0.3) is 0 Å². The van der Waals surface area contributed by atoms with Crippen LogP contribution >= 0.6 is 11.3 Å². The molecule has 20 heavy (non-hydrogen) atoms. The first kappa shape index (κ1) is 12.7. The summed E-state index contributed by atoms with van der Waals surface area (Å²) < 4.78 is 5.85. The highest BCUT2D eigenvalue weighted by molar-refractivity contribution is 7.23. The molecule has 3 rings (SSSR count). The van der Waals surface area contributed by atoms with Gasteiger partial charge in [0.15, 0.2) is 0 Å². The number of nitrogens with one attached hydrogen (secondary N) is 1. The van der Waals surface area contributed by atoms with Gasteiger partial charge in [-0.3, -0.25) is 5.32 Å². The highest BCUT2D eigenvalue weighted by Gasteiger charge is 2.15. The Kier molecular flexibility index (Phi) is 3.39. The molecule has 2 aromatic carbocycles. The fourth-order valence-corrected chi connectivity index (χ4v) is 3.28. The number of amides is 1. The van der Waals surface area contributed by atoms with Crippen molar-refractivity contribution in [2.24, 2.45) is 0 Å². The number of fused-ring (bicyclic) bond motifs is 1. The monoisotopic (exact) mass is 283 g/mol. The van der Waals surface area contributed by atoms with E-state index in [4.69, 9.17) is 4.74 Å². The lowest BCUT2D eigenvalue weighted by atomic mass is 10.1. The predicted octanol–water partition coefficient (Wildman–Crippen LogP) is 4.75. The minimum atomic E-state index is -0.453. The highest BCUT2D eigenvalue weighted by atomic mass is 32.1. The van der Waals surface area contributed by atoms with E-state index in [0.717, 1.165) is 26.2 Å². The van der Waals surface area contributed by atoms with Crippen LogP contribution in [-0.2, 0) is 4.74 Å². The number of rotatable bonds is 2. The Bertz CT molecular complexity index is 750. The third-order valence-electron chi connectivity index (χ3n) is 3.04. The van der Waals surface area contributed by atoms with Gasteiger partial charge in [-0.15, -0.1) is 11.3 Å². The van der Waals surface area contributed by atoms with Gasteiger partial charge in [-0.25, -0.2) is 4.79 Å². The van der Waals surface area contributed by atoms with Crippen molar-refractivity contribution in [2.75, 3.05) is 12.4 Å². The normalized spacial score (nSPS) is 10.4.